The second-order valence-corrected chi connectivity index (χ2v) is 6.04. The van der Waals surface area contributed by atoms with Crippen molar-refractivity contribution in [1.29, 1.82) is 0 Å². The standard InChI is InChI=1S/C17H14N4O4/c1-21(2)17(24)14-9-5-11-12(6-10(9)20-16(14)23)19-15(18-11)8-3-4-13(22)25-7-8/h3-7,14H,1-2H3,(H,18,19)(H,20,23). The van der Waals surface area contributed by atoms with Crippen molar-refractivity contribution >= 4 is 28.5 Å². The Kier molecular flexibility index (Phi) is 3.21. The maximum Gasteiger partial charge on any atom is 0.335 e. The van der Waals surface area contributed by atoms with Gasteiger partial charge in [-0.25, -0.2) is 9.78 Å². The number of benzene rings is 1. The molecular weight excluding hydrogens is 324 g/mol. The molecule has 1 aliphatic heterocycles. The van der Waals surface area contributed by atoms with Gasteiger partial charge in [0.1, 0.15) is 18.0 Å². The molecule has 0 saturated heterocycles. The van der Waals surface area contributed by atoms with Crippen LogP contribution >= 0.6 is 0 Å². The molecule has 0 fully saturated rings. The highest BCUT2D eigenvalue weighted by molar-refractivity contribution is 6.17. The fourth-order valence-electron chi connectivity index (χ4n) is 2.90. The van der Waals surface area contributed by atoms with E-state index in [2.05, 4.69) is 15.3 Å². The van der Waals surface area contributed by atoms with E-state index in [4.69, 9.17) is 4.42 Å². The number of nitrogens with one attached hydrogen (secondary N) is 2. The van der Waals surface area contributed by atoms with Crippen molar-refractivity contribution in [1.82, 2.24) is 14.9 Å². The molecule has 1 aliphatic rings. The molecule has 0 radical (unpaired) electrons. The fraction of sp³-hybridized carbons (Fsp3) is 0.176. The Balaban J connectivity index is 1.82. The van der Waals surface area contributed by atoms with Crippen LogP contribution in [-0.4, -0.2) is 40.8 Å². The number of amides is 2. The highest BCUT2D eigenvalue weighted by Gasteiger charge is 2.37. The van der Waals surface area contributed by atoms with Crippen LogP contribution in [0.2, 0.25) is 0 Å². The lowest BCUT2D eigenvalue weighted by Gasteiger charge is -2.14. The van der Waals surface area contributed by atoms with E-state index >= 15 is 0 Å². The van der Waals surface area contributed by atoms with E-state index in [1.165, 1.54) is 17.2 Å². The predicted molar refractivity (Wildman–Crippen MR) is 90.1 cm³/mol. The molecule has 2 aromatic heterocycles. The normalized spacial score (nSPS) is 15.9. The zero-order valence-corrected chi connectivity index (χ0v) is 13.5. The van der Waals surface area contributed by atoms with Gasteiger partial charge in [-0.05, 0) is 23.8 Å². The number of carbonyl (C=O) groups is 2. The van der Waals surface area contributed by atoms with Gasteiger partial charge in [0.05, 0.1) is 16.6 Å². The first-order chi connectivity index (χ1) is 11.9. The summed E-state index contributed by atoms with van der Waals surface area (Å²) < 4.78 is 4.85. The first-order valence-corrected chi connectivity index (χ1v) is 7.59. The summed E-state index contributed by atoms with van der Waals surface area (Å²) in [5.41, 5.74) is 2.71. The highest BCUT2D eigenvalue weighted by Crippen LogP contribution is 2.36. The zero-order valence-electron chi connectivity index (χ0n) is 13.5. The second kappa shape index (κ2) is 5.30. The van der Waals surface area contributed by atoms with Gasteiger partial charge in [0.2, 0.25) is 11.8 Å². The third-order valence-corrected chi connectivity index (χ3v) is 4.15. The van der Waals surface area contributed by atoms with Crippen molar-refractivity contribution in [2.45, 2.75) is 5.92 Å². The van der Waals surface area contributed by atoms with Crippen LogP contribution in [-0.2, 0) is 9.59 Å². The van der Waals surface area contributed by atoms with Gasteiger partial charge in [0.25, 0.3) is 0 Å². The fourth-order valence-corrected chi connectivity index (χ4v) is 2.90. The average Bonchev–Trinajstić information content (AvgIpc) is 3.11. The molecule has 0 spiro atoms. The van der Waals surface area contributed by atoms with E-state index in [1.807, 2.05) is 0 Å². The van der Waals surface area contributed by atoms with Gasteiger partial charge in [0.15, 0.2) is 0 Å². The van der Waals surface area contributed by atoms with Crippen LogP contribution in [0.1, 0.15) is 11.5 Å². The van der Waals surface area contributed by atoms with Crippen LogP contribution in [0, 0.1) is 0 Å². The minimum absolute atomic E-state index is 0.278. The minimum atomic E-state index is -0.865. The molecule has 2 N–H and O–H groups in total. The van der Waals surface area contributed by atoms with E-state index in [-0.39, 0.29) is 11.8 Å². The second-order valence-electron chi connectivity index (χ2n) is 6.04. The van der Waals surface area contributed by atoms with Gasteiger partial charge in [-0.2, -0.15) is 0 Å². The molecule has 3 aromatic rings. The van der Waals surface area contributed by atoms with Crippen molar-refractivity contribution in [3.63, 3.8) is 0 Å². The summed E-state index contributed by atoms with van der Waals surface area (Å²) in [7, 11) is 3.23. The Bertz CT molecular complexity index is 1060. The molecule has 8 nitrogen and oxygen atoms in total. The van der Waals surface area contributed by atoms with Crippen molar-refractivity contribution in [2.75, 3.05) is 19.4 Å². The summed E-state index contributed by atoms with van der Waals surface area (Å²) in [5.74, 6) is -0.952. The maximum atomic E-state index is 12.3. The molecule has 4 rings (SSSR count). The molecule has 3 heterocycles. The third kappa shape index (κ3) is 2.38. The summed E-state index contributed by atoms with van der Waals surface area (Å²) in [6.45, 7) is 0. The smallest absolute Gasteiger partial charge is 0.335 e. The summed E-state index contributed by atoms with van der Waals surface area (Å²) >= 11 is 0. The number of aromatic nitrogens is 2. The molecule has 0 bridgehead atoms. The van der Waals surface area contributed by atoms with E-state index in [9.17, 15) is 14.4 Å². The number of hydrogen-bond acceptors (Lipinski definition) is 5. The highest BCUT2D eigenvalue weighted by atomic mass is 16.4. The predicted octanol–water partition coefficient (Wildman–Crippen LogP) is 1.31. The van der Waals surface area contributed by atoms with Crippen LogP contribution in [0.5, 0.6) is 0 Å². The SMILES string of the molecule is CN(C)C(=O)C1C(=O)Nc2cc3nc(-c4ccc(=O)oc4)[nH]c3cc21. The summed E-state index contributed by atoms with van der Waals surface area (Å²) in [6, 6.07) is 6.40. The lowest BCUT2D eigenvalue weighted by molar-refractivity contribution is -0.134. The largest absolute Gasteiger partial charge is 0.431 e. The van der Waals surface area contributed by atoms with Gasteiger partial charge < -0.3 is 19.6 Å². The number of fused-ring (bicyclic) bond motifs is 2. The molecule has 1 aromatic carbocycles. The third-order valence-electron chi connectivity index (χ3n) is 4.15. The number of rotatable bonds is 2. The van der Waals surface area contributed by atoms with Crippen LogP contribution < -0.4 is 10.9 Å². The lowest BCUT2D eigenvalue weighted by Crippen LogP contribution is -2.32. The summed E-state index contributed by atoms with van der Waals surface area (Å²) in [4.78, 5) is 44.5. The maximum absolute atomic E-state index is 12.3. The van der Waals surface area contributed by atoms with E-state index in [1.54, 1.807) is 32.3 Å². The average molecular weight is 338 g/mol. The molecule has 1 unspecified atom stereocenters. The Labute approximate surface area is 141 Å². The molecular formula is C17H14N4O4. The first kappa shape index (κ1) is 15.1. The minimum Gasteiger partial charge on any atom is -0.431 e. The van der Waals surface area contributed by atoms with Crippen molar-refractivity contribution in [2.24, 2.45) is 0 Å². The van der Waals surface area contributed by atoms with Crippen LogP contribution in [0.25, 0.3) is 22.4 Å². The number of hydrogen-bond donors (Lipinski definition) is 2. The number of H-pyrrole nitrogens is 1. The van der Waals surface area contributed by atoms with Gasteiger partial charge >= 0.3 is 5.63 Å². The number of imidazole rings is 1. The Hall–Kier alpha value is -3.42. The molecule has 126 valence electrons. The number of anilines is 1. The van der Waals surface area contributed by atoms with Gasteiger partial charge in [-0.1, -0.05) is 0 Å². The summed E-state index contributed by atoms with van der Waals surface area (Å²) in [6.07, 6.45) is 1.33. The van der Waals surface area contributed by atoms with E-state index in [0.717, 1.165) is 0 Å². The molecule has 0 saturated carbocycles. The van der Waals surface area contributed by atoms with Crippen molar-refractivity contribution in [3.05, 3.63) is 46.5 Å². The van der Waals surface area contributed by atoms with E-state index < -0.39 is 11.5 Å². The Morgan fingerprint density at radius 3 is 2.72 bits per heavy atom. The topological polar surface area (TPSA) is 108 Å². The van der Waals surface area contributed by atoms with Gasteiger partial charge in [-0.3, -0.25) is 9.59 Å². The first-order valence-electron chi connectivity index (χ1n) is 7.59. The molecule has 0 aliphatic carbocycles. The molecule has 2 amide bonds. The molecule has 1 atom stereocenters. The molecule has 8 heteroatoms. The van der Waals surface area contributed by atoms with Gasteiger partial charge in [0, 0.05) is 25.8 Å². The van der Waals surface area contributed by atoms with Crippen molar-refractivity contribution < 1.29 is 14.0 Å². The number of aromatic amines is 1. The van der Waals surface area contributed by atoms with Crippen LogP contribution in [0.4, 0.5) is 5.69 Å². The van der Waals surface area contributed by atoms with Crippen molar-refractivity contribution in [3.8, 4) is 11.4 Å². The Morgan fingerprint density at radius 1 is 1.24 bits per heavy atom. The van der Waals surface area contributed by atoms with Gasteiger partial charge in [-0.15, -0.1) is 0 Å². The van der Waals surface area contributed by atoms with Crippen LogP contribution in [0.3, 0.4) is 0 Å². The number of likely N-dealkylation sites (N-methyl/N-ethyl adjacent to an activating group) is 1. The molecule has 25 heavy (non-hydrogen) atoms. The lowest BCUT2D eigenvalue weighted by atomic mass is 9.99. The number of nitrogens with zero attached hydrogens (tertiary/aromatic N) is 2. The quantitative estimate of drug-likeness (QED) is 0.685. The summed E-state index contributed by atoms with van der Waals surface area (Å²) in [5, 5.41) is 2.73. The monoisotopic (exact) mass is 338 g/mol. The van der Waals surface area contributed by atoms with E-state index in [0.29, 0.717) is 33.7 Å². The van der Waals surface area contributed by atoms with Crippen LogP contribution in [0.15, 0.2) is 39.7 Å². The Morgan fingerprint density at radius 2 is 2.04 bits per heavy atom. The zero-order chi connectivity index (χ0) is 17.7. The number of carbonyl (C=O) groups excluding carboxylic acids is 2.